The number of primary amides is 1. The Morgan fingerprint density at radius 1 is 1.45 bits per heavy atom. The summed E-state index contributed by atoms with van der Waals surface area (Å²) in [6.07, 6.45) is -5.21. The lowest BCUT2D eigenvalue weighted by Gasteiger charge is -2.37. The Balaban J connectivity index is 2.24. The zero-order chi connectivity index (χ0) is 16.5. The van der Waals surface area contributed by atoms with Crippen LogP contribution in [0.25, 0.3) is 0 Å². The molecule has 1 amide bonds. The van der Waals surface area contributed by atoms with Crippen LogP contribution in [0.4, 0.5) is 17.6 Å². The van der Waals surface area contributed by atoms with Gasteiger partial charge >= 0.3 is 6.18 Å². The van der Waals surface area contributed by atoms with Crippen molar-refractivity contribution < 1.29 is 27.1 Å². The van der Waals surface area contributed by atoms with Crippen molar-refractivity contribution in [2.45, 2.75) is 31.8 Å². The summed E-state index contributed by atoms with van der Waals surface area (Å²) in [4.78, 5) is 13.1. The summed E-state index contributed by atoms with van der Waals surface area (Å²) in [6, 6.07) is 2.07. The monoisotopic (exact) mass is 320 g/mol. The highest BCUT2D eigenvalue weighted by atomic mass is 19.4. The number of alkyl halides is 3. The fraction of sp³-hybridized carbons (Fsp3) is 0.500. The maximum Gasteiger partial charge on any atom is 0.419 e. The molecule has 0 radical (unpaired) electrons. The van der Waals surface area contributed by atoms with Gasteiger partial charge in [-0.25, -0.2) is 4.39 Å². The van der Waals surface area contributed by atoms with Crippen molar-refractivity contribution in [2.75, 3.05) is 13.2 Å². The van der Waals surface area contributed by atoms with E-state index in [1.165, 1.54) is 6.07 Å². The van der Waals surface area contributed by atoms with Crippen LogP contribution in [-0.2, 0) is 22.3 Å². The molecule has 22 heavy (non-hydrogen) atoms. The molecular formula is C14H16F4N2O2. The van der Waals surface area contributed by atoms with Gasteiger partial charge in [-0.3, -0.25) is 9.69 Å². The summed E-state index contributed by atoms with van der Waals surface area (Å²) in [6.45, 7) is 2.44. The second-order valence-electron chi connectivity index (χ2n) is 5.21. The molecule has 2 N–H and O–H groups in total. The van der Waals surface area contributed by atoms with Crippen LogP contribution in [-0.4, -0.2) is 36.1 Å². The zero-order valence-corrected chi connectivity index (χ0v) is 11.9. The van der Waals surface area contributed by atoms with E-state index < -0.39 is 35.6 Å². The number of nitrogens with zero attached hydrogens (tertiary/aromatic N) is 1. The van der Waals surface area contributed by atoms with Crippen molar-refractivity contribution in [3.05, 3.63) is 35.1 Å². The molecule has 122 valence electrons. The van der Waals surface area contributed by atoms with E-state index in [1.807, 2.05) is 0 Å². The minimum Gasteiger partial charge on any atom is -0.375 e. The summed E-state index contributed by atoms with van der Waals surface area (Å²) in [5.41, 5.74) is 4.27. The smallest absolute Gasteiger partial charge is 0.375 e. The quantitative estimate of drug-likeness (QED) is 0.866. The molecule has 1 aliphatic heterocycles. The second kappa shape index (κ2) is 6.21. The highest BCUT2D eigenvalue weighted by Gasteiger charge is 2.36. The Hall–Kier alpha value is -1.67. The van der Waals surface area contributed by atoms with Crippen molar-refractivity contribution in [1.82, 2.24) is 4.90 Å². The van der Waals surface area contributed by atoms with Crippen molar-refractivity contribution in [3.63, 3.8) is 0 Å². The molecule has 1 aliphatic rings. The van der Waals surface area contributed by atoms with E-state index in [1.54, 1.807) is 11.8 Å². The van der Waals surface area contributed by atoms with E-state index in [0.29, 0.717) is 13.2 Å². The van der Waals surface area contributed by atoms with Gasteiger partial charge in [-0.05, 0) is 24.6 Å². The number of carbonyl (C=O) groups is 1. The number of benzene rings is 1. The minimum atomic E-state index is -4.76. The van der Waals surface area contributed by atoms with Crippen molar-refractivity contribution in [2.24, 2.45) is 5.73 Å². The van der Waals surface area contributed by atoms with E-state index in [0.717, 1.165) is 12.1 Å². The maximum absolute atomic E-state index is 13.3. The molecule has 0 unspecified atom stereocenters. The lowest BCUT2D eigenvalue weighted by Crippen LogP contribution is -2.56. The molecule has 2 atom stereocenters. The molecule has 4 nitrogen and oxygen atoms in total. The van der Waals surface area contributed by atoms with Gasteiger partial charge < -0.3 is 10.5 Å². The highest BCUT2D eigenvalue weighted by molar-refractivity contribution is 5.80. The van der Waals surface area contributed by atoms with Gasteiger partial charge in [-0.1, -0.05) is 6.07 Å². The van der Waals surface area contributed by atoms with Crippen LogP contribution in [0.2, 0.25) is 0 Å². The lowest BCUT2D eigenvalue weighted by atomic mass is 10.0. The summed E-state index contributed by atoms with van der Waals surface area (Å²) in [5, 5.41) is 0. The van der Waals surface area contributed by atoms with Gasteiger partial charge in [0.15, 0.2) is 0 Å². The number of carbonyl (C=O) groups excluding carboxylic acids is 1. The Bertz CT molecular complexity index is 562. The zero-order valence-electron chi connectivity index (χ0n) is 11.9. The normalized spacial score (nSPS) is 23.5. The molecule has 1 aromatic rings. The number of amides is 1. The third-order valence-electron chi connectivity index (χ3n) is 3.61. The van der Waals surface area contributed by atoms with Crippen LogP contribution in [0.5, 0.6) is 0 Å². The summed E-state index contributed by atoms with van der Waals surface area (Å²) >= 11 is 0. The molecule has 0 bridgehead atoms. The van der Waals surface area contributed by atoms with Gasteiger partial charge in [0.2, 0.25) is 5.91 Å². The average molecular weight is 320 g/mol. The minimum absolute atomic E-state index is 0.0602. The third-order valence-corrected chi connectivity index (χ3v) is 3.61. The van der Waals surface area contributed by atoms with Crippen LogP contribution in [0, 0.1) is 5.82 Å². The van der Waals surface area contributed by atoms with Crippen LogP contribution in [0.3, 0.4) is 0 Å². The summed E-state index contributed by atoms with van der Waals surface area (Å²) in [5.74, 6) is -1.93. The molecule has 1 heterocycles. The molecule has 1 aromatic carbocycles. The largest absolute Gasteiger partial charge is 0.419 e. The first-order chi connectivity index (χ1) is 10.2. The van der Waals surface area contributed by atoms with Gasteiger partial charge in [-0.2, -0.15) is 13.2 Å². The van der Waals surface area contributed by atoms with E-state index >= 15 is 0 Å². The first-order valence-electron chi connectivity index (χ1n) is 6.70. The Morgan fingerprint density at radius 3 is 2.73 bits per heavy atom. The lowest BCUT2D eigenvalue weighted by molar-refractivity contribution is -0.140. The molecular weight excluding hydrogens is 304 g/mol. The number of rotatable bonds is 3. The van der Waals surface area contributed by atoms with Gasteiger partial charge in [0, 0.05) is 13.1 Å². The molecule has 0 spiro atoms. The van der Waals surface area contributed by atoms with Crippen LogP contribution in [0.15, 0.2) is 18.2 Å². The van der Waals surface area contributed by atoms with Gasteiger partial charge in [-0.15, -0.1) is 0 Å². The first kappa shape index (κ1) is 16.7. The SMILES string of the molecule is C[C@H]1OCCN(Cc2ccc(F)c(C(F)(F)F)c2)[C@@H]1C(N)=O. The number of nitrogens with two attached hydrogens (primary N) is 1. The number of halogens is 4. The van der Waals surface area contributed by atoms with Crippen LogP contribution in [0.1, 0.15) is 18.1 Å². The fourth-order valence-electron chi connectivity index (χ4n) is 2.59. The van der Waals surface area contributed by atoms with E-state index in [-0.39, 0.29) is 12.1 Å². The van der Waals surface area contributed by atoms with Crippen molar-refractivity contribution in [3.8, 4) is 0 Å². The number of ether oxygens (including phenoxy) is 1. The molecule has 1 saturated heterocycles. The van der Waals surface area contributed by atoms with Crippen LogP contribution >= 0.6 is 0 Å². The third kappa shape index (κ3) is 3.56. The predicted octanol–water partition coefficient (Wildman–Crippen LogP) is 1.92. The average Bonchev–Trinajstić information content (AvgIpc) is 2.39. The molecule has 1 fully saturated rings. The fourth-order valence-corrected chi connectivity index (χ4v) is 2.59. The van der Waals surface area contributed by atoms with E-state index in [2.05, 4.69) is 0 Å². The van der Waals surface area contributed by atoms with Gasteiger partial charge in [0.05, 0.1) is 18.3 Å². The summed E-state index contributed by atoms with van der Waals surface area (Å²) < 4.78 is 56.8. The maximum atomic E-state index is 13.3. The topological polar surface area (TPSA) is 55.6 Å². The Labute approximate surface area is 124 Å². The number of hydrogen-bond acceptors (Lipinski definition) is 3. The van der Waals surface area contributed by atoms with Gasteiger partial charge in [0.1, 0.15) is 11.9 Å². The van der Waals surface area contributed by atoms with Gasteiger partial charge in [0.25, 0.3) is 0 Å². The Kier molecular flexibility index (Phi) is 4.72. The number of morpholine rings is 1. The van der Waals surface area contributed by atoms with Crippen molar-refractivity contribution in [1.29, 1.82) is 0 Å². The molecule has 0 aromatic heterocycles. The number of hydrogen-bond donors (Lipinski definition) is 1. The van der Waals surface area contributed by atoms with E-state index in [4.69, 9.17) is 10.5 Å². The van der Waals surface area contributed by atoms with E-state index in [9.17, 15) is 22.4 Å². The summed E-state index contributed by atoms with van der Waals surface area (Å²) in [7, 11) is 0. The highest BCUT2D eigenvalue weighted by Crippen LogP contribution is 2.32. The predicted molar refractivity (Wildman–Crippen MR) is 70.2 cm³/mol. The molecule has 0 aliphatic carbocycles. The molecule has 2 rings (SSSR count). The Morgan fingerprint density at radius 2 is 2.14 bits per heavy atom. The molecule has 0 saturated carbocycles. The standard InChI is InChI=1S/C14H16F4N2O2/c1-8-12(13(19)21)20(4-5-22-8)7-9-2-3-11(15)10(6-9)14(16,17)18/h2-3,6,8,12H,4-5,7H2,1H3,(H2,19,21)/t8-,12+/m1/s1. The second-order valence-corrected chi connectivity index (χ2v) is 5.21. The molecule has 8 heteroatoms. The first-order valence-corrected chi connectivity index (χ1v) is 6.70. The van der Waals surface area contributed by atoms with Crippen molar-refractivity contribution >= 4 is 5.91 Å². The van der Waals surface area contributed by atoms with Crippen LogP contribution < -0.4 is 5.73 Å².